The van der Waals surface area contributed by atoms with Gasteiger partial charge in [0, 0.05) is 22.7 Å². The van der Waals surface area contributed by atoms with Crippen molar-refractivity contribution in [3.63, 3.8) is 0 Å². The number of benzene rings is 3. The molecule has 0 atom stereocenters. The van der Waals surface area contributed by atoms with E-state index in [9.17, 15) is 4.79 Å². The van der Waals surface area contributed by atoms with E-state index in [1.54, 1.807) is 6.20 Å². The minimum absolute atomic E-state index is 0.0881. The zero-order chi connectivity index (χ0) is 21.2. The predicted octanol–water partition coefficient (Wildman–Crippen LogP) is 5.06. The zero-order valence-electron chi connectivity index (χ0n) is 17.7. The molecule has 4 rings (SSSR count). The molecule has 0 bridgehead atoms. The molecule has 0 aliphatic heterocycles. The molecule has 0 aliphatic carbocycles. The van der Waals surface area contributed by atoms with E-state index in [-0.39, 0.29) is 5.04 Å². The van der Waals surface area contributed by atoms with Crippen LogP contribution in [0.4, 0.5) is 0 Å². The summed E-state index contributed by atoms with van der Waals surface area (Å²) in [5, 5.41) is 3.36. The van der Waals surface area contributed by atoms with Crippen molar-refractivity contribution in [1.29, 1.82) is 0 Å². The smallest absolute Gasteiger partial charge is 0.261 e. The molecule has 152 valence electrons. The maximum absolute atomic E-state index is 11.6. The summed E-state index contributed by atoms with van der Waals surface area (Å²) in [7, 11) is -2.63. The Bertz CT molecular complexity index is 1100. The number of carbonyl (C=O) groups excluding carboxylic acids is 1. The first kappa shape index (κ1) is 20.3. The van der Waals surface area contributed by atoms with Crippen LogP contribution in [-0.2, 0) is 11.0 Å². The summed E-state index contributed by atoms with van der Waals surface area (Å²) in [6.45, 7) is 7.26. The zero-order valence-corrected chi connectivity index (χ0v) is 18.7. The second-order valence-corrected chi connectivity index (χ2v) is 13.0. The lowest BCUT2D eigenvalue weighted by Crippen LogP contribution is -2.66. The summed E-state index contributed by atoms with van der Waals surface area (Å²) >= 11 is 0. The molecule has 30 heavy (non-hydrogen) atoms. The number of hydrogen-bond acceptors (Lipinski definition) is 2. The van der Waals surface area contributed by atoms with E-state index in [0.717, 1.165) is 22.8 Å². The SMILES string of the molecule is CC(C)(C)[Si](OCc1cccc2[nH]cc(C=O)c12)(c1ccccc1)c1ccccc1. The van der Waals surface area contributed by atoms with Crippen LogP contribution in [0.5, 0.6) is 0 Å². The topological polar surface area (TPSA) is 42.1 Å². The van der Waals surface area contributed by atoms with Gasteiger partial charge in [-0.25, -0.2) is 0 Å². The molecule has 0 saturated carbocycles. The van der Waals surface area contributed by atoms with Crippen molar-refractivity contribution >= 4 is 35.9 Å². The van der Waals surface area contributed by atoms with E-state index < -0.39 is 8.32 Å². The normalized spacial score (nSPS) is 12.2. The van der Waals surface area contributed by atoms with Gasteiger partial charge in [-0.15, -0.1) is 0 Å². The van der Waals surface area contributed by atoms with Crippen molar-refractivity contribution in [3.8, 4) is 0 Å². The van der Waals surface area contributed by atoms with Gasteiger partial charge < -0.3 is 9.41 Å². The highest BCUT2D eigenvalue weighted by Crippen LogP contribution is 2.37. The lowest BCUT2D eigenvalue weighted by molar-refractivity contribution is 0.112. The summed E-state index contributed by atoms with van der Waals surface area (Å²) < 4.78 is 7.04. The van der Waals surface area contributed by atoms with E-state index in [2.05, 4.69) is 80.4 Å². The monoisotopic (exact) mass is 413 g/mol. The van der Waals surface area contributed by atoms with Gasteiger partial charge in [0.2, 0.25) is 0 Å². The molecule has 0 unspecified atom stereocenters. The fourth-order valence-electron chi connectivity index (χ4n) is 4.45. The third-order valence-electron chi connectivity index (χ3n) is 5.81. The van der Waals surface area contributed by atoms with Crippen LogP contribution >= 0.6 is 0 Å². The van der Waals surface area contributed by atoms with Gasteiger partial charge in [-0.1, -0.05) is 93.6 Å². The van der Waals surface area contributed by atoms with E-state index in [1.807, 2.05) is 24.3 Å². The highest BCUT2D eigenvalue weighted by atomic mass is 28.4. The van der Waals surface area contributed by atoms with Crippen LogP contribution in [0.1, 0.15) is 36.7 Å². The first-order valence-electron chi connectivity index (χ1n) is 10.3. The number of carbonyl (C=O) groups is 1. The van der Waals surface area contributed by atoms with E-state index in [0.29, 0.717) is 12.2 Å². The number of H-pyrrole nitrogens is 1. The van der Waals surface area contributed by atoms with Crippen molar-refractivity contribution in [1.82, 2.24) is 4.98 Å². The molecule has 3 aromatic carbocycles. The molecule has 0 saturated heterocycles. The number of aromatic nitrogens is 1. The van der Waals surface area contributed by atoms with E-state index in [4.69, 9.17) is 4.43 Å². The molecule has 1 aromatic heterocycles. The molecule has 1 N–H and O–H groups in total. The Morgan fingerprint density at radius 3 is 2.00 bits per heavy atom. The number of hydrogen-bond donors (Lipinski definition) is 1. The third kappa shape index (κ3) is 3.42. The number of fused-ring (bicyclic) bond motifs is 1. The Morgan fingerprint density at radius 1 is 0.867 bits per heavy atom. The number of nitrogens with one attached hydrogen (secondary N) is 1. The largest absolute Gasteiger partial charge is 0.403 e. The summed E-state index contributed by atoms with van der Waals surface area (Å²) in [6, 6.07) is 27.3. The molecule has 3 nitrogen and oxygen atoms in total. The maximum Gasteiger partial charge on any atom is 0.261 e. The van der Waals surface area contributed by atoms with Gasteiger partial charge >= 0.3 is 0 Å². The first-order valence-corrected chi connectivity index (χ1v) is 12.2. The van der Waals surface area contributed by atoms with Crippen LogP contribution in [0.15, 0.2) is 85.1 Å². The van der Waals surface area contributed by atoms with Gasteiger partial charge in [0.25, 0.3) is 8.32 Å². The summed E-state index contributed by atoms with van der Waals surface area (Å²) in [6.07, 6.45) is 2.68. The molecule has 4 aromatic rings. The van der Waals surface area contributed by atoms with E-state index >= 15 is 0 Å². The average Bonchev–Trinajstić information content (AvgIpc) is 3.19. The molecule has 0 radical (unpaired) electrons. The Labute approximate surface area is 178 Å². The third-order valence-corrected chi connectivity index (χ3v) is 10.8. The average molecular weight is 414 g/mol. The van der Waals surface area contributed by atoms with Gasteiger partial charge in [0.05, 0.1) is 6.61 Å². The summed E-state index contributed by atoms with van der Waals surface area (Å²) in [4.78, 5) is 14.8. The predicted molar refractivity (Wildman–Crippen MR) is 126 cm³/mol. The molecule has 0 amide bonds. The van der Waals surface area contributed by atoms with Crippen molar-refractivity contribution < 1.29 is 9.22 Å². The van der Waals surface area contributed by atoms with Crippen LogP contribution in [0, 0.1) is 0 Å². The van der Waals surface area contributed by atoms with Crippen molar-refractivity contribution in [2.45, 2.75) is 32.4 Å². The fraction of sp³-hybridized carbons (Fsp3) is 0.192. The molecule has 1 heterocycles. The molecule has 4 heteroatoms. The Balaban J connectivity index is 1.86. The molecular formula is C26H27NO2Si. The Morgan fingerprint density at radius 2 is 1.47 bits per heavy atom. The first-order chi connectivity index (χ1) is 14.5. The Kier molecular flexibility index (Phi) is 5.46. The van der Waals surface area contributed by atoms with E-state index in [1.165, 1.54) is 10.4 Å². The quantitative estimate of drug-likeness (QED) is 0.355. The van der Waals surface area contributed by atoms with Gasteiger partial charge in [0.15, 0.2) is 6.29 Å². The van der Waals surface area contributed by atoms with Crippen LogP contribution in [0.2, 0.25) is 5.04 Å². The van der Waals surface area contributed by atoms with Crippen LogP contribution in [-0.4, -0.2) is 19.6 Å². The van der Waals surface area contributed by atoms with Crippen molar-refractivity contribution in [2.75, 3.05) is 0 Å². The summed E-state index contributed by atoms with van der Waals surface area (Å²) in [5.74, 6) is 0. The lowest BCUT2D eigenvalue weighted by Gasteiger charge is -2.43. The van der Waals surface area contributed by atoms with Crippen LogP contribution < -0.4 is 10.4 Å². The maximum atomic E-state index is 11.6. The minimum Gasteiger partial charge on any atom is -0.403 e. The van der Waals surface area contributed by atoms with Crippen molar-refractivity contribution in [3.05, 3.63) is 96.2 Å². The Hall–Kier alpha value is -2.95. The lowest BCUT2D eigenvalue weighted by atomic mass is 10.1. The van der Waals surface area contributed by atoms with Crippen LogP contribution in [0.3, 0.4) is 0 Å². The molecule has 0 spiro atoms. The number of rotatable bonds is 6. The second-order valence-electron chi connectivity index (χ2n) is 8.65. The summed E-state index contributed by atoms with van der Waals surface area (Å²) in [5.41, 5.74) is 2.66. The molecular weight excluding hydrogens is 386 g/mol. The minimum atomic E-state index is -2.63. The van der Waals surface area contributed by atoms with Crippen LogP contribution in [0.25, 0.3) is 10.9 Å². The highest BCUT2D eigenvalue weighted by Gasteiger charge is 2.50. The number of aldehydes is 1. The highest BCUT2D eigenvalue weighted by molar-refractivity contribution is 6.99. The second kappa shape index (κ2) is 8.05. The van der Waals surface area contributed by atoms with Gasteiger partial charge in [0.1, 0.15) is 0 Å². The standard InChI is InChI=1S/C26H27NO2Si/c1-26(2,3)30(22-12-6-4-7-13-22,23-14-8-5-9-15-23)29-19-20-11-10-16-24-25(20)21(18-28)17-27-24/h4-18,27H,19H2,1-3H3. The van der Waals surface area contributed by atoms with Gasteiger partial charge in [-0.3, -0.25) is 4.79 Å². The molecule has 0 fully saturated rings. The van der Waals surface area contributed by atoms with Gasteiger partial charge in [-0.05, 0) is 27.0 Å². The van der Waals surface area contributed by atoms with Crippen molar-refractivity contribution in [2.24, 2.45) is 0 Å². The number of aromatic amines is 1. The fourth-order valence-corrected chi connectivity index (χ4v) is 8.98. The van der Waals surface area contributed by atoms with Gasteiger partial charge in [-0.2, -0.15) is 0 Å². The molecule has 0 aliphatic rings.